The lowest BCUT2D eigenvalue weighted by Crippen LogP contribution is -2.49. The maximum atomic E-state index is 12.4. The van der Waals surface area contributed by atoms with E-state index >= 15 is 0 Å². The molecule has 0 aliphatic carbocycles. The van der Waals surface area contributed by atoms with Crippen molar-refractivity contribution in [3.8, 4) is 0 Å². The molecule has 0 spiro atoms. The Morgan fingerprint density at radius 2 is 1.92 bits per heavy atom. The van der Waals surface area contributed by atoms with Crippen molar-refractivity contribution in [2.45, 2.75) is 50.0 Å². The highest BCUT2D eigenvalue weighted by atomic mass is 35.5. The van der Waals surface area contributed by atoms with Crippen LogP contribution in [-0.4, -0.2) is 49.4 Å². The van der Waals surface area contributed by atoms with Crippen molar-refractivity contribution >= 4 is 28.3 Å². The number of nitrogens with zero attached hydrogens (tertiary/aromatic N) is 1. The van der Waals surface area contributed by atoms with Gasteiger partial charge in [-0.1, -0.05) is 13.8 Å². The monoisotopic (exact) mass is 378 g/mol. The fourth-order valence-corrected chi connectivity index (χ4v) is 3.70. The quantitative estimate of drug-likeness (QED) is 0.667. The zero-order valence-electron chi connectivity index (χ0n) is 14.2. The molecular weight excluding hydrogens is 352 g/mol. The lowest BCUT2D eigenvalue weighted by atomic mass is 9.95. The van der Waals surface area contributed by atoms with Gasteiger partial charge in [-0.2, -0.15) is 0 Å². The SMILES string of the molecule is CCC(N)(CC)CNS(=O)(=O)c1c[nH]c(C(=O)N2CCCC2)c1.Cl. The van der Waals surface area contributed by atoms with Gasteiger partial charge >= 0.3 is 0 Å². The molecule has 1 aromatic rings. The lowest BCUT2D eigenvalue weighted by molar-refractivity contribution is 0.0787. The Morgan fingerprint density at radius 1 is 1.33 bits per heavy atom. The van der Waals surface area contributed by atoms with Gasteiger partial charge in [-0.25, -0.2) is 13.1 Å². The molecule has 24 heavy (non-hydrogen) atoms. The summed E-state index contributed by atoms with van der Waals surface area (Å²) in [6, 6.07) is 1.39. The number of H-pyrrole nitrogens is 1. The highest BCUT2D eigenvalue weighted by Gasteiger charge is 2.26. The van der Waals surface area contributed by atoms with E-state index in [-0.39, 0.29) is 29.8 Å². The number of hydrogen-bond donors (Lipinski definition) is 3. The summed E-state index contributed by atoms with van der Waals surface area (Å²) in [6.45, 7) is 5.48. The number of likely N-dealkylation sites (tertiary alicyclic amines) is 1. The third-order valence-corrected chi connectivity index (χ3v) is 5.99. The molecule has 0 aromatic carbocycles. The number of rotatable bonds is 7. The first kappa shape index (κ1) is 21.0. The Bertz CT molecular complexity index is 649. The van der Waals surface area contributed by atoms with Crippen LogP contribution in [0.5, 0.6) is 0 Å². The van der Waals surface area contributed by atoms with E-state index in [2.05, 4.69) is 9.71 Å². The van der Waals surface area contributed by atoms with E-state index in [1.165, 1.54) is 12.3 Å². The molecule has 0 bridgehead atoms. The molecule has 7 nitrogen and oxygen atoms in total. The molecule has 1 aromatic heterocycles. The van der Waals surface area contributed by atoms with Crippen molar-refractivity contribution in [3.63, 3.8) is 0 Å². The van der Waals surface area contributed by atoms with Gasteiger partial charge in [-0.05, 0) is 31.7 Å². The molecule has 2 heterocycles. The number of amides is 1. The predicted octanol–water partition coefficient (Wildman–Crippen LogP) is 1.47. The Labute approximate surface area is 149 Å². The Hall–Kier alpha value is -1.09. The van der Waals surface area contributed by atoms with E-state index in [1.54, 1.807) is 4.90 Å². The van der Waals surface area contributed by atoms with Crippen LogP contribution in [0, 0.1) is 0 Å². The van der Waals surface area contributed by atoms with Gasteiger partial charge in [0.05, 0.1) is 0 Å². The van der Waals surface area contributed by atoms with Crippen molar-refractivity contribution in [1.29, 1.82) is 0 Å². The zero-order valence-corrected chi connectivity index (χ0v) is 15.8. The number of nitrogens with one attached hydrogen (secondary N) is 2. The third kappa shape index (κ3) is 4.72. The minimum atomic E-state index is -3.68. The van der Waals surface area contributed by atoms with Gasteiger partial charge in [0.2, 0.25) is 10.0 Å². The van der Waals surface area contributed by atoms with Crippen LogP contribution in [-0.2, 0) is 10.0 Å². The molecule has 9 heteroatoms. The molecule has 0 saturated carbocycles. The molecule has 0 radical (unpaired) electrons. The topological polar surface area (TPSA) is 108 Å². The maximum absolute atomic E-state index is 12.4. The number of aromatic amines is 1. The smallest absolute Gasteiger partial charge is 0.270 e. The number of halogens is 1. The number of nitrogens with two attached hydrogens (primary N) is 1. The van der Waals surface area contributed by atoms with Gasteiger partial charge in [0.1, 0.15) is 10.6 Å². The summed E-state index contributed by atoms with van der Waals surface area (Å²) >= 11 is 0. The third-order valence-electron chi connectivity index (χ3n) is 4.61. The van der Waals surface area contributed by atoms with Gasteiger partial charge in [0, 0.05) is 31.4 Å². The van der Waals surface area contributed by atoms with Gasteiger partial charge < -0.3 is 15.6 Å². The first-order valence-electron chi connectivity index (χ1n) is 8.07. The molecule has 1 amide bonds. The van der Waals surface area contributed by atoms with Crippen LogP contribution in [0.25, 0.3) is 0 Å². The van der Waals surface area contributed by atoms with E-state index in [0.717, 1.165) is 25.9 Å². The number of aromatic nitrogens is 1. The van der Waals surface area contributed by atoms with Crippen molar-refractivity contribution < 1.29 is 13.2 Å². The summed E-state index contributed by atoms with van der Waals surface area (Å²) in [6.07, 6.45) is 4.69. The van der Waals surface area contributed by atoms with E-state index < -0.39 is 15.6 Å². The predicted molar refractivity (Wildman–Crippen MR) is 95.9 cm³/mol. The number of carbonyl (C=O) groups excluding carboxylic acids is 1. The fourth-order valence-electron chi connectivity index (χ4n) is 2.57. The molecule has 1 aliphatic heterocycles. The average Bonchev–Trinajstić information content (AvgIpc) is 3.23. The van der Waals surface area contributed by atoms with Gasteiger partial charge in [0.15, 0.2) is 0 Å². The minimum absolute atomic E-state index is 0. The van der Waals surface area contributed by atoms with Crippen molar-refractivity contribution in [1.82, 2.24) is 14.6 Å². The van der Waals surface area contributed by atoms with E-state index in [4.69, 9.17) is 5.73 Å². The highest BCUT2D eigenvalue weighted by molar-refractivity contribution is 7.89. The lowest BCUT2D eigenvalue weighted by Gasteiger charge is -2.26. The second kappa shape index (κ2) is 8.33. The summed E-state index contributed by atoms with van der Waals surface area (Å²) in [5.41, 5.74) is 5.87. The molecule has 0 atom stereocenters. The Balaban J connectivity index is 0.00000288. The Kier molecular flexibility index (Phi) is 7.27. The first-order valence-corrected chi connectivity index (χ1v) is 9.56. The van der Waals surface area contributed by atoms with Crippen LogP contribution >= 0.6 is 12.4 Å². The summed E-state index contributed by atoms with van der Waals surface area (Å²) in [7, 11) is -3.68. The molecule has 0 unspecified atom stereocenters. The van der Waals surface area contributed by atoms with Crippen LogP contribution in [0.1, 0.15) is 50.0 Å². The maximum Gasteiger partial charge on any atom is 0.270 e. The number of hydrogen-bond acceptors (Lipinski definition) is 4. The second-order valence-electron chi connectivity index (χ2n) is 6.14. The molecule has 4 N–H and O–H groups in total. The first-order chi connectivity index (χ1) is 10.8. The van der Waals surface area contributed by atoms with Gasteiger partial charge in [0.25, 0.3) is 5.91 Å². The molecule has 1 saturated heterocycles. The zero-order chi connectivity index (χ0) is 17.1. The largest absolute Gasteiger partial charge is 0.356 e. The summed E-state index contributed by atoms with van der Waals surface area (Å²) in [4.78, 5) is 16.8. The molecule has 2 rings (SSSR count). The van der Waals surface area contributed by atoms with Crippen LogP contribution in [0.3, 0.4) is 0 Å². The van der Waals surface area contributed by atoms with E-state index in [0.29, 0.717) is 18.5 Å². The van der Waals surface area contributed by atoms with Crippen molar-refractivity contribution in [2.75, 3.05) is 19.6 Å². The fraction of sp³-hybridized carbons (Fsp3) is 0.667. The standard InChI is InChI=1S/C15H26N4O3S.ClH/c1-3-15(16,4-2)11-18-23(21,22)12-9-13(17-10-12)14(20)19-7-5-6-8-19;/h9-10,17-18H,3-8,11,16H2,1-2H3;1H. The van der Waals surface area contributed by atoms with Crippen molar-refractivity contribution in [2.24, 2.45) is 5.73 Å². The summed E-state index contributed by atoms with van der Waals surface area (Å²) in [5, 5.41) is 0. The molecule has 1 fully saturated rings. The van der Waals surface area contributed by atoms with Crippen LogP contribution < -0.4 is 10.5 Å². The molecule has 138 valence electrons. The average molecular weight is 379 g/mol. The second-order valence-corrected chi connectivity index (χ2v) is 7.91. The molecule has 1 aliphatic rings. The minimum Gasteiger partial charge on any atom is -0.356 e. The Morgan fingerprint density at radius 3 is 2.46 bits per heavy atom. The van der Waals surface area contributed by atoms with E-state index in [1.807, 2.05) is 13.8 Å². The number of sulfonamides is 1. The van der Waals surface area contributed by atoms with Crippen LogP contribution in [0.2, 0.25) is 0 Å². The van der Waals surface area contributed by atoms with Gasteiger partial charge in [-0.15, -0.1) is 12.4 Å². The summed E-state index contributed by atoms with van der Waals surface area (Å²) in [5.74, 6) is -0.153. The number of carbonyl (C=O) groups is 1. The normalized spacial score (nSPS) is 15.4. The van der Waals surface area contributed by atoms with Crippen LogP contribution in [0.4, 0.5) is 0 Å². The van der Waals surface area contributed by atoms with Crippen LogP contribution in [0.15, 0.2) is 17.2 Å². The van der Waals surface area contributed by atoms with E-state index in [9.17, 15) is 13.2 Å². The summed E-state index contributed by atoms with van der Waals surface area (Å²) < 4.78 is 27.3. The molecular formula is C15H27ClN4O3S. The van der Waals surface area contributed by atoms with Crippen molar-refractivity contribution in [3.05, 3.63) is 18.0 Å². The highest BCUT2D eigenvalue weighted by Crippen LogP contribution is 2.17. The van der Waals surface area contributed by atoms with Gasteiger partial charge in [-0.3, -0.25) is 4.79 Å².